The molecule has 0 saturated carbocycles. The van der Waals surface area contributed by atoms with Gasteiger partial charge in [0.05, 0.1) is 11.3 Å². The molecule has 0 aliphatic heterocycles. The van der Waals surface area contributed by atoms with Crippen LogP contribution < -0.4 is 10.8 Å². The Morgan fingerprint density at radius 3 is 2.35 bits per heavy atom. The average molecular weight is 419 g/mol. The number of nitro benzene ring substituents is 1. The summed E-state index contributed by atoms with van der Waals surface area (Å²) in [5, 5.41) is 13.7. The summed E-state index contributed by atoms with van der Waals surface area (Å²) in [6, 6.07) is 14.7. The van der Waals surface area contributed by atoms with Crippen LogP contribution in [0.3, 0.4) is 0 Å². The van der Waals surface area contributed by atoms with Gasteiger partial charge in [0.25, 0.3) is 5.69 Å². The van der Waals surface area contributed by atoms with Gasteiger partial charge >= 0.3 is 5.97 Å². The van der Waals surface area contributed by atoms with Gasteiger partial charge in [0.1, 0.15) is 5.69 Å². The zero-order valence-corrected chi connectivity index (χ0v) is 15.5. The van der Waals surface area contributed by atoms with Crippen LogP contribution in [-0.2, 0) is 16.1 Å². The van der Waals surface area contributed by atoms with Crippen molar-refractivity contribution in [3.63, 3.8) is 0 Å². The van der Waals surface area contributed by atoms with Crippen LogP contribution in [0.25, 0.3) is 0 Å². The lowest BCUT2D eigenvalue weighted by atomic mass is 10.2. The molecule has 2 rings (SSSR count). The largest absolute Gasteiger partial charge is 0.368 e. The van der Waals surface area contributed by atoms with Gasteiger partial charge in [0, 0.05) is 6.07 Å². The fraction of sp³-hybridized carbons (Fsp3) is 0.188. The fourth-order valence-electron chi connectivity index (χ4n) is 2.01. The van der Waals surface area contributed by atoms with Crippen molar-refractivity contribution >= 4 is 52.1 Å². The van der Waals surface area contributed by atoms with Crippen LogP contribution in [0.15, 0.2) is 54.6 Å². The molecule has 1 unspecified atom stereocenters. The van der Waals surface area contributed by atoms with E-state index < -0.39 is 20.9 Å². The number of anilines is 1. The predicted molar refractivity (Wildman–Crippen MR) is 100 cm³/mol. The Hall–Kier alpha value is -2.06. The smallest absolute Gasteiger partial charge is 0.329 e. The number of hydrogen-bond acceptors (Lipinski definition) is 6. The molecule has 2 aromatic carbocycles. The minimum atomic E-state index is -1.96. The summed E-state index contributed by atoms with van der Waals surface area (Å²) in [7, 11) is 0. The Bertz CT molecular complexity index is 769. The molecule has 10 heteroatoms. The number of para-hydroxylation sites is 2. The van der Waals surface area contributed by atoms with E-state index in [1.54, 1.807) is 30.3 Å². The number of carbonyl (C=O) groups is 1. The molecule has 0 amide bonds. The number of hydrogen-bond donors (Lipinski definition) is 2. The molecule has 0 fully saturated rings. The summed E-state index contributed by atoms with van der Waals surface area (Å²) < 4.78 is -1.96. The maximum absolute atomic E-state index is 11.9. The third kappa shape index (κ3) is 6.03. The summed E-state index contributed by atoms with van der Waals surface area (Å²) in [4.78, 5) is 27.4. The van der Waals surface area contributed by atoms with Gasteiger partial charge in [-0.15, -0.1) is 5.48 Å². The van der Waals surface area contributed by atoms with E-state index in [9.17, 15) is 14.9 Å². The molecule has 138 valence electrons. The first-order chi connectivity index (χ1) is 12.3. The number of halogens is 3. The highest BCUT2D eigenvalue weighted by atomic mass is 35.6. The minimum Gasteiger partial charge on any atom is -0.368 e. The fourth-order valence-corrected chi connectivity index (χ4v) is 2.31. The zero-order chi connectivity index (χ0) is 19.2. The van der Waals surface area contributed by atoms with Crippen LogP contribution in [0.2, 0.25) is 0 Å². The normalized spacial score (nSPS) is 12.3. The molecule has 0 aromatic heterocycles. The lowest BCUT2D eigenvalue weighted by Gasteiger charge is -2.26. The number of alkyl halides is 3. The van der Waals surface area contributed by atoms with Crippen LogP contribution in [-0.4, -0.2) is 20.9 Å². The van der Waals surface area contributed by atoms with Gasteiger partial charge in [0.15, 0.2) is 6.17 Å². The van der Waals surface area contributed by atoms with Gasteiger partial charge in [-0.05, 0) is 11.6 Å². The summed E-state index contributed by atoms with van der Waals surface area (Å²) in [5.41, 5.74) is 2.94. The summed E-state index contributed by atoms with van der Waals surface area (Å²) in [6.07, 6.45) is -1.22. The Labute approximate surface area is 164 Å². The van der Waals surface area contributed by atoms with Crippen molar-refractivity contribution in [2.75, 3.05) is 5.32 Å². The topological polar surface area (TPSA) is 93.5 Å². The Balaban J connectivity index is 2.04. The number of nitrogens with zero attached hydrogens (tertiary/aromatic N) is 1. The van der Waals surface area contributed by atoms with Crippen LogP contribution >= 0.6 is 34.8 Å². The SMILES string of the molecule is O=C(Cc1ccccc1)ONC(Nc1ccccc1[N+](=O)[O-])C(Cl)(Cl)Cl. The highest BCUT2D eigenvalue weighted by Crippen LogP contribution is 2.33. The van der Waals surface area contributed by atoms with Gasteiger partial charge in [-0.3, -0.25) is 14.9 Å². The molecule has 0 saturated heterocycles. The van der Waals surface area contributed by atoms with Crippen LogP contribution in [0.4, 0.5) is 11.4 Å². The number of hydroxylamine groups is 1. The number of rotatable bonds is 7. The first-order valence-corrected chi connectivity index (χ1v) is 8.46. The maximum atomic E-state index is 11.9. The number of nitrogens with one attached hydrogen (secondary N) is 2. The van der Waals surface area contributed by atoms with E-state index in [1.807, 2.05) is 6.07 Å². The molecule has 2 aromatic rings. The molecule has 0 bridgehead atoms. The molecular formula is C16H14Cl3N3O4. The Morgan fingerprint density at radius 2 is 1.73 bits per heavy atom. The summed E-state index contributed by atoms with van der Waals surface area (Å²) >= 11 is 17.6. The molecule has 1 atom stereocenters. The predicted octanol–water partition coefficient (Wildman–Crippen LogP) is 3.99. The minimum absolute atomic E-state index is 0.00586. The van der Waals surface area contributed by atoms with Crippen molar-refractivity contribution < 1.29 is 14.6 Å². The second-order valence-corrected chi connectivity index (χ2v) is 7.52. The lowest BCUT2D eigenvalue weighted by molar-refractivity contribution is -0.384. The van der Waals surface area contributed by atoms with Crippen LogP contribution in [0.5, 0.6) is 0 Å². The van der Waals surface area contributed by atoms with Gasteiger partial charge in [-0.2, -0.15) is 0 Å². The summed E-state index contributed by atoms with van der Waals surface area (Å²) in [5.74, 6) is -0.611. The van der Waals surface area contributed by atoms with Crippen molar-refractivity contribution in [2.45, 2.75) is 16.4 Å². The Kier molecular flexibility index (Phi) is 7.05. The van der Waals surface area contributed by atoms with E-state index >= 15 is 0 Å². The quantitative estimate of drug-likeness (QED) is 0.306. The van der Waals surface area contributed by atoms with E-state index in [4.69, 9.17) is 39.6 Å². The lowest BCUT2D eigenvalue weighted by Crippen LogP contribution is -2.47. The van der Waals surface area contributed by atoms with E-state index in [-0.39, 0.29) is 17.8 Å². The van der Waals surface area contributed by atoms with Gasteiger partial charge in [-0.25, -0.2) is 0 Å². The first-order valence-electron chi connectivity index (χ1n) is 7.33. The van der Waals surface area contributed by atoms with Crippen molar-refractivity contribution in [1.82, 2.24) is 5.48 Å². The molecule has 0 aliphatic rings. The number of benzene rings is 2. The van der Waals surface area contributed by atoms with E-state index in [1.165, 1.54) is 18.2 Å². The van der Waals surface area contributed by atoms with Gasteiger partial charge in [0.2, 0.25) is 3.79 Å². The molecular weight excluding hydrogens is 405 g/mol. The molecule has 0 radical (unpaired) electrons. The molecule has 26 heavy (non-hydrogen) atoms. The highest BCUT2D eigenvalue weighted by molar-refractivity contribution is 6.68. The van der Waals surface area contributed by atoms with Crippen molar-refractivity contribution in [2.24, 2.45) is 0 Å². The third-order valence-corrected chi connectivity index (χ3v) is 3.86. The standard InChI is InChI=1S/C16H14Cl3N3O4/c17-16(18,19)15(20-12-8-4-5-9-13(12)22(24)25)21-26-14(23)10-11-6-2-1-3-7-11/h1-9,15,20-21H,10H2. The van der Waals surface area contributed by atoms with Crippen molar-refractivity contribution in [3.8, 4) is 0 Å². The average Bonchev–Trinajstić information content (AvgIpc) is 2.58. The van der Waals surface area contributed by atoms with Crippen molar-refractivity contribution in [3.05, 3.63) is 70.3 Å². The molecule has 0 spiro atoms. The monoisotopic (exact) mass is 417 g/mol. The summed E-state index contributed by atoms with van der Waals surface area (Å²) in [6.45, 7) is 0. The maximum Gasteiger partial charge on any atom is 0.329 e. The van der Waals surface area contributed by atoms with Crippen LogP contribution in [0, 0.1) is 10.1 Å². The highest BCUT2D eigenvalue weighted by Gasteiger charge is 2.35. The van der Waals surface area contributed by atoms with E-state index in [2.05, 4.69) is 10.8 Å². The van der Waals surface area contributed by atoms with Crippen LogP contribution in [0.1, 0.15) is 5.56 Å². The number of carbonyl (C=O) groups excluding carboxylic acids is 1. The zero-order valence-electron chi connectivity index (χ0n) is 13.2. The molecule has 7 nitrogen and oxygen atoms in total. The number of nitro groups is 1. The molecule has 0 heterocycles. The van der Waals surface area contributed by atoms with Crippen molar-refractivity contribution in [1.29, 1.82) is 0 Å². The van der Waals surface area contributed by atoms with Gasteiger partial charge < -0.3 is 10.2 Å². The molecule has 2 N–H and O–H groups in total. The first kappa shape index (κ1) is 20.3. The Morgan fingerprint density at radius 1 is 1.12 bits per heavy atom. The van der Waals surface area contributed by atoms with E-state index in [0.717, 1.165) is 5.56 Å². The molecule has 0 aliphatic carbocycles. The second-order valence-electron chi connectivity index (χ2n) is 5.15. The van der Waals surface area contributed by atoms with E-state index in [0.29, 0.717) is 0 Å². The van der Waals surface area contributed by atoms with Gasteiger partial charge in [-0.1, -0.05) is 77.3 Å². The second kappa shape index (κ2) is 9.05. The third-order valence-electron chi connectivity index (χ3n) is 3.21.